The Morgan fingerprint density at radius 2 is 1.79 bits per heavy atom. The number of rotatable bonds is 5. The molecule has 1 aromatic carbocycles. The molecular formula is C26H35NOS. The van der Waals surface area contributed by atoms with E-state index in [1.165, 1.54) is 29.5 Å². The molecule has 0 atom stereocenters. The summed E-state index contributed by atoms with van der Waals surface area (Å²) in [5.74, 6) is 11.3. The Hall–Kier alpha value is -1.87. The minimum Gasteiger partial charge on any atom is -0.296 e. The van der Waals surface area contributed by atoms with Crippen molar-refractivity contribution in [3.63, 3.8) is 0 Å². The number of fused-ring (bicyclic) bond motifs is 1. The van der Waals surface area contributed by atoms with Crippen molar-refractivity contribution in [2.75, 3.05) is 18.6 Å². The SMILES string of the molecule is C=C(C)/C(CC(=O)c1ccc(C)c2c1CC1(CCS(=C)(=C)CC1)C2)=C(/C)C=NC. The minimum absolute atomic E-state index is 0.199. The molecule has 1 aliphatic carbocycles. The number of carbonyl (C=O) groups is 1. The smallest absolute Gasteiger partial charge is 0.167 e. The summed E-state index contributed by atoms with van der Waals surface area (Å²) >= 11 is 0. The maximum Gasteiger partial charge on any atom is 0.167 e. The van der Waals surface area contributed by atoms with E-state index in [0.29, 0.717) is 11.8 Å². The normalized spacial score (nSPS) is 20.6. The Morgan fingerprint density at radius 3 is 2.38 bits per heavy atom. The van der Waals surface area contributed by atoms with E-state index in [4.69, 9.17) is 0 Å². The molecule has 0 unspecified atom stereocenters. The Kier molecular flexibility index (Phi) is 6.10. The van der Waals surface area contributed by atoms with E-state index in [2.05, 4.69) is 42.4 Å². The molecule has 1 fully saturated rings. The monoisotopic (exact) mass is 409 g/mol. The Bertz CT molecular complexity index is 1010. The van der Waals surface area contributed by atoms with Gasteiger partial charge < -0.3 is 0 Å². The molecule has 2 aliphatic rings. The number of aryl methyl sites for hydroxylation is 1. The second-order valence-electron chi connectivity index (χ2n) is 9.30. The Balaban J connectivity index is 1.93. The van der Waals surface area contributed by atoms with Gasteiger partial charge in [0.2, 0.25) is 0 Å². The van der Waals surface area contributed by atoms with E-state index >= 15 is 0 Å². The fourth-order valence-corrected chi connectivity index (χ4v) is 6.87. The topological polar surface area (TPSA) is 29.4 Å². The van der Waals surface area contributed by atoms with Crippen LogP contribution in [0.2, 0.25) is 0 Å². The molecule has 0 radical (unpaired) electrons. The summed E-state index contributed by atoms with van der Waals surface area (Å²) in [5, 5.41) is 0. The summed E-state index contributed by atoms with van der Waals surface area (Å²) in [5.41, 5.74) is 8.23. The molecule has 3 heteroatoms. The van der Waals surface area contributed by atoms with Gasteiger partial charge in [-0.15, -0.1) is 0 Å². The molecule has 1 aromatic rings. The van der Waals surface area contributed by atoms with Gasteiger partial charge >= 0.3 is 0 Å². The van der Waals surface area contributed by atoms with Gasteiger partial charge in [-0.05, 0) is 91.2 Å². The average molecular weight is 410 g/mol. The predicted octanol–water partition coefficient (Wildman–Crippen LogP) is 5.71. The molecule has 0 saturated carbocycles. The summed E-state index contributed by atoms with van der Waals surface area (Å²) < 4.78 is 0. The van der Waals surface area contributed by atoms with Crippen LogP contribution in [0.5, 0.6) is 0 Å². The van der Waals surface area contributed by atoms with Gasteiger partial charge in [-0.2, -0.15) is 0 Å². The molecule has 29 heavy (non-hydrogen) atoms. The van der Waals surface area contributed by atoms with Crippen LogP contribution in [0.25, 0.3) is 0 Å². The third-order valence-corrected chi connectivity index (χ3v) is 8.99. The second kappa shape index (κ2) is 8.10. The molecule has 156 valence electrons. The molecule has 3 rings (SSSR count). The van der Waals surface area contributed by atoms with E-state index in [1.807, 2.05) is 20.1 Å². The van der Waals surface area contributed by atoms with E-state index < -0.39 is 9.21 Å². The number of aliphatic imine (C=N–C) groups is 1. The van der Waals surface area contributed by atoms with Crippen molar-refractivity contribution in [2.45, 2.75) is 52.9 Å². The van der Waals surface area contributed by atoms with Crippen LogP contribution in [0.15, 0.2) is 40.4 Å². The lowest BCUT2D eigenvalue weighted by Gasteiger charge is -2.37. The number of nitrogens with zero attached hydrogens (tertiary/aromatic N) is 1. The van der Waals surface area contributed by atoms with Crippen molar-refractivity contribution in [3.8, 4) is 0 Å². The van der Waals surface area contributed by atoms with Gasteiger partial charge in [0.25, 0.3) is 0 Å². The average Bonchev–Trinajstić information content (AvgIpc) is 3.03. The van der Waals surface area contributed by atoms with Gasteiger partial charge in [0, 0.05) is 25.2 Å². The molecule has 0 N–H and O–H groups in total. The quantitative estimate of drug-likeness (QED) is 0.265. The summed E-state index contributed by atoms with van der Waals surface area (Å²) in [6.45, 7) is 10.3. The lowest BCUT2D eigenvalue weighted by molar-refractivity contribution is 0.0992. The first-order valence-electron chi connectivity index (χ1n) is 10.4. The van der Waals surface area contributed by atoms with Gasteiger partial charge in [0.1, 0.15) is 0 Å². The van der Waals surface area contributed by atoms with Crippen molar-refractivity contribution in [1.82, 2.24) is 0 Å². The first kappa shape index (κ1) is 21.8. The van der Waals surface area contributed by atoms with Gasteiger partial charge in [-0.25, -0.2) is 9.21 Å². The molecule has 1 saturated heterocycles. The molecule has 1 aliphatic heterocycles. The number of benzene rings is 1. The number of hydrogen-bond donors (Lipinski definition) is 0. The second-order valence-corrected chi connectivity index (χ2v) is 12.6. The lowest BCUT2D eigenvalue weighted by Crippen LogP contribution is -2.28. The fraction of sp³-hybridized carbons (Fsp3) is 0.462. The van der Waals surface area contributed by atoms with Crippen molar-refractivity contribution in [2.24, 2.45) is 10.4 Å². The predicted molar refractivity (Wildman–Crippen MR) is 133 cm³/mol. The van der Waals surface area contributed by atoms with E-state index in [1.54, 1.807) is 7.05 Å². The molecular weight excluding hydrogens is 374 g/mol. The lowest BCUT2D eigenvalue weighted by atomic mass is 9.79. The van der Waals surface area contributed by atoms with E-state index in [-0.39, 0.29) is 5.78 Å². The summed E-state index contributed by atoms with van der Waals surface area (Å²) in [6.07, 6.45) is 6.73. The molecule has 0 bridgehead atoms. The van der Waals surface area contributed by atoms with Crippen molar-refractivity contribution in [3.05, 3.63) is 57.7 Å². The summed E-state index contributed by atoms with van der Waals surface area (Å²) in [4.78, 5) is 17.5. The van der Waals surface area contributed by atoms with E-state index in [9.17, 15) is 4.79 Å². The molecule has 0 amide bonds. The first-order chi connectivity index (χ1) is 13.6. The van der Waals surface area contributed by atoms with Crippen LogP contribution in [0.3, 0.4) is 0 Å². The van der Waals surface area contributed by atoms with Gasteiger partial charge in [-0.1, -0.05) is 36.0 Å². The van der Waals surface area contributed by atoms with Crippen LogP contribution >= 0.6 is 9.21 Å². The number of ketones is 1. The van der Waals surface area contributed by atoms with Crippen LogP contribution in [-0.4, -0.2) is 42.3 Å². The largest absolute Gasteiger partial charge is 0.296 e. The molecule has 2 nitrogen and oxygen atoms in total. The number of hydrogen-bond acceptors (Lipinski definition) is 2. The van der Waals surface area contributed by atoms with Crippen LogP contribution in [0.4, 0.5) is 0 Å². The van der Waals surface area contributed by atoms with E-state index in [0.717, 1.165) is 46.6 Å². The van der Waals surface area contributed by atoms with Gasteiger partial charge in [0.15, 0.2) is 5.78 Å². The standard InChI is InChI=1S/C26H35NOS/c1-18(2)22(20(4)17-27-5)14-25(28)21-9-8-19(3)23-15-26(16-24(21)23)10-12-29(6,7)13-11-26/h8-9,17H,1,6-7,10-16H2,2-5H3/b22-20-,27-17?. The zero-order chi connectivity index (χ0) is 21.4. The third-order valence-electron chi connectivity index (χ3n) is 6.85. The molecule has 1 heterocycles. The Labute approximate surface area is 177 Å². The number of Topliss-reactive ketones (excluding diaryl/α,β-unsaturated/α-hetero) is 1. The van der Waals surface area contributed by atoms with Crippen LogP contribution in [0, 0.1) is 12.3 Å². The zero-order valence-electron chi connectivity index (χ0n) is 18.6. The third kappa shape index (κ3) is 4.50. The fourth-order valence-electron chi connectivity index (χ4n) is 4.93. The van der Waals surface area contributed by atoms with Gasteiger partial charge in [0.05, 0.1) is 0 Å². The van der Waals surface area contributed by atoms with Crippen LogP contribution in [0.1, 0.15) is 60.2 Å². The van der Waals surface area contributed by atoms with Crippen molar-refractivity contribution < 1.29 is 4.79 Å². The Morgan fingerprint density at radius 1 is 1.17 bits per heavy atom. The first-order valence-corrected chi connectivity index (χ1v) is 12.8. The highest BCUT2D eigenvalue weighted by Gasteiger charge is 2.41. The summed E-state index contributed by atoms with van der Waals surface area (Å²) in [7, 11) is 0.850. The van der Waals surface area contributed by atoms with Crippen molar-refractivity contribution in [1.29, 1.82) is 0 Å². The maximum atomic E-state index is 13.4. The molecule has 0 aromatic heterocycles. The number of carbonyl (C=O) groups excluding carboxylic acids is 1. The zero-order valence-corrected chi connectivity index (χ0v) is 19.4. The number of allylic oxidation sites excluding steroid dienone is 3. The molecule has 1 spiro atoms. The highest BCUT2D eigenvalue weighted by atomic mass is 32.2. The highest BCUT2D eigenvalue weighted by Crippen LogP contribution is 2.50. The minimum atomic E-state index is -0.906. The maximum absolute atomic E-state index is 13.4. The summed E-state index contributed by atoms with van der Waals surface area (Å²) in [6, 6.07) is 4.19. The van der Waals surface area contributed by atoms with Gasteiger partial charge in [-0.3, -0.25) is 9.79 Å². The van der Waals surface area contributed by atoms with Crippen molar-refractivity contribution >= 4 is 32.9 Å². The van der Waals surface area contributed by atoms with Crippen LogP contribution < -0.4 is 0 Å². The highest BCUT2D eigenvalue weighted by molar-refractivity contribution is 8.27. The van der Waals surface area contributed by atoms with Crippen LogP contribution in [-0.2, 0) is 12.8 Å².